The van der Waals surface area contributed by atoms with Gasteiger partial charge in [0.25, 0.3) is 5.69 Å². The molecule has 0 saturated carbocycles. The van der Waals surface area contributed by atoms with Gasteiger partial charge in [-0.05, 0) is 36.5 Å². The molecule has 1 aliphatic rings. The Hall–Kier alpha value is -2.36. The first kappa shape index (κ1) is 13.6. The average Bonchev–Trinajstić information content (AvgIpc) is 2.56. The summed E-state index contributed by atoms with van der Waals surface area (Å²) in [6.45, 7) is 1.99. The van der Waals surface area contributed by atoms with Crippen LogP contribution >= 0.6 is 0 Å². The van der Waals surface area contributed by atoms with Crippen LogP contribution in [0.2, 0.25) is 0 Å². The highest BCUT2D eigenvalue weighted by atomic mass is 16.6. The summed E-state index contributed by atoms with van der Waals surface area (Å²) >= 11 is 0. The molecule has 1 aliphatic heterocycles. The Labute approximate surface area is 124 Å². The van der Waals surface area contributed by atoms with Gasteiger partial charge in [0.05, 0.1) is 4.92 Å². The number of non-ortho nitro benzene ring substituents is 1. The minimum atomic E-state index is -0.356. The first-order valence-corrected chi connectivity index (χ1v) is 7.28. The Morgan fingerprint density at radius 1 is 0.952 bits per heavy atom. The SMILES string of the molecule is O=[N+]([O-])c1ccc(N2CCC(c3ccccc3)CC2)cc1. The Kier molecular flexibility index (Phi) is 3.86. The Morgan fingerprint density at radius 3 is 2.14 bits per heavy atom. The van der Waals surface area contributed by atoms with Gasteiger partial charge in [-0.1, -0.05) is 30.3 Å². The summed E-state index contributed by atoms with van der Waals surface area (Å²) in [6.07, 6.45) is 2.25. The number of piperidine rings is 1. The summed E-state index contributed by atoms with van der Waals surface area (Å²) in [4.78, 5) is 12.6. The van der Waals surface area contributed by atoms with Crippen LogP contribution in [0, 0.1) is 10.1 Å². The Balaban J connectivity index is 1.64. The second kappa shape index (κ2) is 5.95. The summed E-state index contributed by atoms with van der Waals surface area (Å²) in [5.41, 5.74) is 2.64. The van der Waals surface area contributed by atoms with Gasteiger partial charge in [0.2, 0.25) is 0 Å². The summed E-state index contributed by atoms with van der Waals surface area (Å²) in [7, 11) is 0. The monoisotopic (exact) mass is 282 g/mol. The second-order valence-corrected chi connectivity index (χ2v) is 5.45. The van der Waals surface area contributed by atoms with E-state index >= 15 is 0 Å². The van der Waals surface area contributed by atoms with Crippen LogP contribution < -0.4 is 4.90 Å². The molecule has 1 saturated heterocycles. The zero-order valence-electron chi connectivity index (χ0n) is 11.8. The molecule has 0 aromatic heterocycles. The maximum atomic E-state index is 10.7. The van der Waals surface area contributed by atoms with Crippen molar-refractivity contribution in [3.05, 3.63) is 70.3 Å². The number of nitro groups is 1. The maximum Gasteiger partial charge on any atom is 0.269 e. The molecule has 3 rings (SSSR count). The van der Waals surface area contributed by atoms with Crippen molar-refractivity contribution in [1.82, 2.24) is 0 Å². The Bertz CT molecular complexity index is 602. The van der Waals surface area contributed by atoms with Crippen molar-refractivity contribution in [3.63, 3.8) is 0 Å². The molecular weight excluding hydrogens is 264 g/mol. The smallest absolute Gasteiger partial charge is 0.269 e. The number of hydrogen-bond donors (Lipinski definition) is 0. The van der Waals surface area contributed by atoms with E-state index in [2.05, 4.69) is 35.2 Å². The van der Waals surface area contributed by atoms with E-state index in [0.29, 0.717) is 5.92 Å². The van der Waals surface area contributed by atoms with Gasteiger partial charge in [0.1, 0.15) is 0 Å². The number of nitrogens with zero attached hydrogens (tertiary/aromatic N) is 2. The molecule has 0 radical (unpaired) electrons. The van der Waals surface area contributed by atoms with Crippen molar-refractivity contribution in [2.24, 2.45) is 0 Å². The van der Waals surface area contributed by atoms with Gasteiger partial charge >= 0.3 is 0 Å². The van der Waals surface area contributed by atoms with E-state index in [0.717, 1.165) is 31.6 Å². The molecule has 0 amide bonds. The standard InChI is InChI=1S/C17H18N2O2/c20-19(21)17-8-6-16(7-9-17)18-12-10-15(11-13-18)14-4-2-1-3-5-14/h1-9,15H,10-13H2. The van der Waals surface area contributed by atoms with Crippen LogP contribution in [-0.2, 0) is 0 Å². The minimum Gasteiger partial charge on any atom is -0.371 e. The summed E-state index contributed by atoms with van der Waals surface area (Å²) in [5.74, 6) is 0.625. The highest BCUT2D eigenvalue weighted by Crippen LogP contribution is 2.30. The van der Waals surface area contributed by atoms with E-state index in [4.69, 9.17) is 0 Å². The highest BCUT2D eigenvalue weighted by Gasteiger charge is 2.20. The molecule has 1 heterocycles. The van der Waals surface area contributed by atoms with Crippen LogP contribution in [0.25, 0.3) is 0 Å². The first-order chi connectivity index (χ1) is 10.2. The Morgan fingerprint density at radius 2 is 1.57 bits per heavy atom. The van der Waals surface area contributed by atoms with Gasteiger partial charge in [-0.15, -0.1) is 0 Å². The number of nitro benzene ring substituents is 1. The molecule has 0 aliphatic carbocycles. The van der Waals surface area contributed by atoms with Crippen LogP contribution in [0.5, 0.6) is 0 Å². The molecule has 21 heavy (non-hydrogen) atoms. The third kappa shape index (κ3) is 3.05. The molecular formula is C17H18N2O2. The van der Waals surface area contributed by atoms with Crippen molar-refractivity contribution in [2.45, 2.75) is 18.8 Å². The van der Waals surface area contributed by atoms with Crippen molar-refractivity contribution in [2.75, 3.05) is 18.0 Å². The normalized spacial score (nSPS) is 15.9. The van der Waals surface area contributed by atoms with E-state index in [1.165, 1.54) is 5.56 Å². The number of anilines is 1. The molecule has 0 unspecified atom stereocenters. The van der Waals surface area contributed by atoms with E-state index < -0.39 is 0 Å². The second-order valence-electron chi connectivity index (χ2n) is 5.45. The van der Waals surface area contributed by atoms with Crippen LogP contribution in [-0.4, -0.2) is 18.0 Å². The van der Waals surface area contributed by atoms with Crippen molar-refractivity contribution >= 4 is 11.4 Å². The third-order valence-corrected chi connectivity index (χ3v) is 4.19. The molecule has 108 valence electrons. The lowest BCUT2D eigenvalue weighted by Gasteiger charge is -2.33. The van der Waals surface area contributed by atoms with Crippen LogP contribution in [0.4, 0.5) is 11.4 Å². The molecule has 2 aromatic carbocycles. The summed E-state index contributed by atoms with van der Waals surface area (Å²) in [5, 5.41) is 10.7. The summed E-state index contributed by atoms with van der Waals surface area (Å²) < 4.78 is 0. The van der Waals surface area contributed by atoms with Gasteiger partial charge in [0, 0.05) is 30.9 Å². The predicted molar refractivity (Wildman–Crippen MR) is 83.7 cm³/mol. The number of benzene rings is 2. The molecule has 2 aromatic rings. The van der Waals surface area contributed by atoms with E-state index in [-0.39, 0.29) is 10.6 Å². The van der Waals surface area contributed by atoms with E-state index in [1.54, 1.807) is 12.1 Å². The highest BCUT2D eigenvalue weighted by molar-refractivity contribution is 5.51. The van der Waals surface area contributed by atoms with Crippen molar-refractivity contribution in [1.29, 1.82) is 0 Å². The molecule has 4 nitrogen and oxygen atoms in total. The lowest BCUT2D eigenvalue weighted by Crippen LogP contribution is -2.32. The molecule has 0 atom stereocenters. The summed E-state index contributed by atoms with van der Waals surface area (Å²) in [6, 6.07) is 17.5. The van der Waals surface area contributed by atoms with Gasteiger partial charge in [-0.25, -0.2) is 0 Å². The minimum absolute atomic E-state index is 0.151. The van der Waals surface area contributed by atoms with E-state index in [1.807, 2.05) is 12.1 Å². The fraction of sp³-hybridized carbons (Fsp3) is 0.294. The van der Waals surface area contributed by atoms with Gasteiger partial charge < -0.3 is 4.90 Å². The number of rotatable bonds is 3. The van der Waals surface area contributed by atoms with Gasteiger partial charge in [-0.3, -0.25) is 10.1 Å². The molecule has 0 N–H and O–H groups in total. The first-order valence-electron chi connectivity index (χ1n) is 7.28. The predicted octanol–water partition coefficient (Wildman–Crippen LogP) is 3.98. The largest absolute Gasteiger partial charge is 0.371 e. The lowest BCUT2D eigenvalue weighted by molar-refractivity contribution is -0.384. The quantitative estimate of drug-likeness (QED) is 0.632. The van der Waals surface area contributed by atoms with Crippen LogP contribution in [0.1, 0.15) is 24.3 Å². The van der Waals surface area contributed by atoms with Gasteiger partial charge in [-0.2, -0.15) is 0 Å². The molecule has 0 bridgehead atoms. The van der Waals surface area contributed by atoms with Crippen LogP contribution in [0.3, 0.4) is 0 Å². The zero-order valence-corrected chi connectivity index (χ0v) is 11.8. The fourth-order valence-corrected chi connectivity index (χ4v) is 2.98. The molecule has 0 spiro atoms. The fourth-order valence-electron chi connectivity index (χ4n) is 2.98. The zero-order chi connectivity index (χ0) is 14.7. The lowest BCUT2D eigenvalue weighted by atomic mass is 9.89. The average molecular weight is 282 g/mol. The maximum absolute atomic E-state index is 10.7. The molecule has 1 fully saturated rings. The van der Waals surface area contributed by atoms with Crippen molar-refractivity contribution < 1.29 is 4.92 Å². The number of hydrogen-bond acceptors (Lipinski definition) is 3. The van der Waals surface area contributed by atoms with Crippen LogP contribution in [0.15, 0.2) is 54.6 Å². The van der Waals surface area contributed by atoms with Crippen molar-refractivity contribution in [3.8, 4) is 0 Å². The van der Waals surface area contributed by atoms with E-state index in [9.17, 15) is 10.1 Å². The molecule has 4 heteroatoms. The van der Waals surface area contributed by atoms with Gasteiger partial charge in [0.15, 0.2) is 0 Å². The third-order valence-electron chi connectivity index (χ3n) is 4.19. The topological polar surface area (TPSA) is 46.4 Å².